The summed E-state index contributed by atoms with van der Waals surface area (Å²) in [5.74, 6) is -0.276. The van der Waals surface area contributed by atoms with Crippen molar-refractivity contribution in [2.24, 2.45) is 0 Å². The lowest BCUT2D eigenvalue weighted by Crippen LogP contribution is -2.21. The van der Waals surface area contributed by atoms with Gasteiger partial charge in [0.15, 0.2) is 0 Å². The first kappa shape index (κ1) is 8.63. The van der Waals surface area contributed by atoms with Crippen molar-refractivity contribution in [1.82, 2.24) is 10.3 Å². The first-order valence-corrected chi connectivity index (χ1v) is 4.63. The average Bonchev–Trinajstić information content (AvgIpc) is 2.89. The molecule has 0 bridgehead atoms. The van der Waals surface area contributed by atoms with Gasteiger partial charge in [-0.2, -0.15) is 0 Å². The van der Waals surface area contributed by atoms with Gasteiger partial charge in [0.1, 0.15) is 5.82 Å². The fourth-order valence-electron chi connectivity index (χ4n) is 1.33. The molecule has 1 N–H and O–H groups in total. The molecule has 70 valence electrons. The summed E-state index contributed by atoms with van der Waals surface area (Å²) in [6, 6.07) is 4.07. The van der Waals surface area contributed by atoms with Crippen LogP contribution < -0.4 is 5.32 Å². The van der Waals surface area contributed by atoms with E-state index < -0.39 is 0 Å². The number of rotatable bonds is 3. The molecule has 1 aliphatic carbocycles. The maximum atomic E-state index is 12.5. The van der Waals surface area contributed by atoms with E-state index in [1.165, 1.54) is 25.1 Å². The molecule has 1 fully saturated rings. The van der Waals surface area contributed by atoms with E-state index in [-0.39, 0.29) is 11.9 Å². The Bertz CT molecular complexity index is 279. The van der Waals surface area contributed by atoms with Crippen molar-refractivity contribution in [3.63, 3.8) is 0 Å². The van der Waals surface area contributed by atoms with Gasteiger partial charge in [0.05, 0.1) is 11.9 Å². The highest BCUT2D eigenvalue weighted by atomic mass is 19.1. The fourth-order valence-corrected chi connectivity index (χ4v) is 1.33. The van der Waals surface area contributed by atoms with E-state index >= 15 is 0 Å². The Hall–Kier alpha value is -0.960. The molecule has 1 aromatic heterocycles. The zero-order valence-electron chi connectivity index (χ0n) is 7.63. The quantitative estimate of drug-likeness (QED) is 0.769. The number of aromatic nitrogens is 1. The fraction of sp³-hybridized carbons (Fsp3) is 0.500. The zero-order chi connectivity index (χ0) is 9.26. The Kier molecular flexibility index (Phi) is 2.27. The van der Waals surface area contributed by atoms with Crippen LogP contribution in [0.4, 0.5) is 4.39 Å². The standard InChI is InChI=1S/C10H13FN2/c1-7(13-9-3-4-9)10-5-2-8(11)6-12-10/h2,5-7,9,13H,3-4H2,1H3. The molecule has 1 saturated carbocycles. The second-order valence-corrected chi connectivity index (χ2v) is 3.56. The Balaban J connectivity index is 2.01. The molecule has 1 unspecified atom stereocenters. The second kappa shape index (κ2) is 3.42. The third kappa shape index (κ3) is 2.25. The summed E-state index contributed by atoms with van der Waals surface area (Å²) in [6.07, 6.45) is 3.78. The van der Waals surface area contributed by atoms with Crippen molar-refractivity contribution in [3.05, 3.63) is 29.8 Å². The molecule has 1 atom stereocenters. The second-order valence-electron chi connectivity index (χ2n) is 3.56. The summed E-state index contributed by atoms with van der Waals surface area (Å²) >= 11 is 0. The summed E-state index contributed by atoms with van der Waals surface area (Å²) in [5, 5.41) is 3.40. The van der Waals surface area contributed by atoms with Crippen molar-refractivity contribution in [2.45, 2.75) is 31.8 Å². The van der Waals surface area contributed by atoms with Crippen LogP contribution in [-0.4, -0.2) is 11.0 Å². The van der Waals surface area contributed by atoms with Crippen LogP contribution >= 0.6 is 0 Å². The molecule has 3 heteroatoms. The molecule has 0 saturated heterocycles. The van der Waals surface area contributed by atoms with E-state index in [4.69, 9.17) is 0 Å². The normalized spacial score (nSPS) is 18.6. The van der Waals surface area contributed by atoms with Gasteiger partial charge < -0.3 is 5.32 Å². The van der Waals surface area contributed by atoms with Crippen molar-refractivity contribution >= 4 is 0 Å². The van der Waals surface area contributed by atoms with Gasteiger partial charge in [-0.25, -0.2) is 4.39 Å². The molecule has 0 spiro atoms. The highest BCUT2D eigenvalue weighted by molar-refractivity contribution is 5.09. The minimum atomic E-state index is -0.276. The third-order valence-corrected chi connectivity index (χ3v) is 2.26. The van der Waals surface area contributed by atoms with Gasteiger partial charge in [-0.15, -0.1) is 0 Å². The molecular formula is C10H13FN2. The summed E-state index contributed by atoms with van der Waals surface area (Å²) < 4.78 is 12.5. The lowest BCUT2D eigenvalue weighted by molar-refractivity contribution is 0.551. The number of nitrogens with one attached hydrogen (secondary N) is 1. The monoisotopic (exact) mass is 180 g/mol. The molecule has 1 aliphatic rings. The van der Waals surface area contributed by atoms with Crippen LogP contribution in [0.5, 0.6) is 0 Å². The lowest BCUT2D eigenvalue weighted by Gasteiger charge is -2.11. The Morgan fingerprint density at radius 2 is 2.31 bits per heavy atom. The molecule has 0 aliphatic heterocycles. The number of pyridine rings is 1. The summed E-state index contributed by atoms with van der Waals surface area (Å²) in [7, 11) is 0. The van der Waals surface area contributed by atoms with Crippen LogP contribution in [-0.2, 0) is 0 Å². The molecule has 0 aromatic carbocycles. The lowest BCUT2D eigenvalue weighted by atomic mass is 10.2. The summed E-state index contributed by atoms with van der Waals surface area (Å²) in [4.78, 5) is 4.02. The molecule has 2 rings (SSSR count). The van der Waals surface area contributed by atoms with Gasteiger partial charge in [-0.05, 0) is 31.9 Å². The number of nitrogens with zero attached hydrogens (tertiary/aromatic N) is 1. The molecular weight excluding hydrogens is 167 g/mol. The maximum absolute atomic E-state index is 12.5. The zero-order valence-corrected chi connectivity index (χ0v) is 7.63. The van der Waals surface area contributed by atoms with E-state index in [9.17, 15) is 4.39 Å². The average molecular weight is 180 g/mol. The van der Waals surface area contributed by atoms with E-state index in [0.29, 0.717) is 6.04 Å². The van der Waals surface area contributed by atoms with Crippen LogP contribution in [0.3, 0.4) is 0 Å². The molecule has 13 heavy (non-hydrogen) atoms. The summed E-state index contributed by atoms with van der Waals surface area (Å²) in [5.41, 5.74) is 0.910. The largest absolute Gasteiger partial charge is 0.306 e. The number of halogens is 1. The molecule has 1 aromatic rings. The van der Waals surface area contributed by atoms with Gasteiger partial charge in [0.2, 0.25) is 0 Å². The Morgan fingerprint density at radius 3 is 2.85 bits per heavy atom. The maximum Gasteiger partial charge on any atom is 0.141 e. The first-order chi connectivity index (χ1) is 6.25. The van der Waals surface area contributed by atoms with Crippen LogP contribution in [0.2, 0.25) is 0 Å². The molecule has 1 heterocycles. The van der Waals surface area contributed by atoms with Gasteiger partial charge >= 0.3 is 0 Å². The van der Waals surface area contributed by atoms with E-state index in [0.717, 1.165) is 5.69 Å². The smallest absolute Gasteiger partial charge is 0.141 e. The molecule has 2 nitrogen and oxygen atoms in total. The minimum Gasteiger partial charge on any atom is -0.306 e. The van der Waals surface area contributed by atoms with Gasteiger partial charge in [0.25, 0.3) is 0 Å². The predicted molar refractivity (Wildman–Crippen MR) is 48.8 cm³/mol. The van der Waals surface area contributed by atoms with Crippen LogP contribution in [0.1, 0.15) is 31.5 Å². The highest BCUT2D eigenvalue weighted by Crippen LogP contribution is 2.23. The van der Waals surface area contributed by atoms with Crippen LogP contribution in [0, 0.1) is 5.82 Å². The molecule has 0 amide bonds. The Labute approximate surface area is 77.2 Å². The Morgan fingerprint density at radius 1 is 1.54 bits per heavy atom. The number of hydrogen-bond acceptors (Lipinski definition) is 2. The van der Waals surface area contributed by atoms with E-state index in [2.05, 4.69) is 17.2 Å². The van der Waals surface area contributed by atoms with Crippen molar-refractivity contribution < 1.29 is 4.39 Å². The van der Waals surface area contributed by atoms with Crippen molar-refractivity contribution in [2.75, 3.05) is 0 Å². The van der Waals surface area contributed by atoms with Crippen molar-refractivity contribution in [1.29, 1.82) is 0 Å². The predicted octanol–water partition coefficient (Wildman–Crippen LogP) is 2.03. The van der Waals surface area contributed by atoms with E-state index in [1.807, 2.05) is 0 Å². The van der Waals surface area contributed by atoms with Gasteiger partial charge in [0, 0.05) is 12.1 Å². The third-order valence-electron chi connectivity index (χ3n) is 2.26. The first-order valence-electron chi connectivity index (χ1n) is 4.63. The topological polar surface area (TPSA) is 24.9 Å². The van der Waals surface area contributed by atoms with Crippen LogP contribution in [0.15, 0.2) is 18.3 Å². The van der Waals surface area contributed by atoms with Gasteiger partial charge in [-0.1, -0.05) is 0 Å². The highest BCUT2D eigenvalue weighted by Gasteiger charge is 2.23. The molecule has 0 radical (unpaired) electrons. The van der Waals surface area contributed by atoms with Crippen molar-refractivity contribution in [3.8, 4) is 0 Å². The number of hydrogen-bond donors (Lipinski definition) is 1. The summed E-state index contributed by atoms with van der Waals surface area (Å²) in [6.45, 7) is 2.05. The SMILES string of the molecule is CC(NC1CC1)c1ccc(F)cn1. The van der Waals surface area contributed by atoms with Gasteiger partial charge in [-0.3, -0.25) is 4.98 Å². The van der Waals surface area contributed by atoms with E-state index in [1.54, 1.807) is 6.07 Å². The minimum absolute atomic E-state index is 0.230. The van der Waals surface area contributed by atoms with Crippen LogP contribution in [0.25, 0.3) is 0 Å².